The molecule has 2 amide bonds. The van der Waals surface area contributed by atoms with Crippen molar-refractivity contribution in [3.8, 4) is 0 Å². The van der Waals surface area contributed by atoms with Crippen molar-refractivity contribution in [3.05, 3.63) is 33.7 Å². The Morgan fingerprint density at radius 3 is 2.71 bits per heavy atom. The van der Waals surface area contributed by atoms with Crippen molar-refractivity contribution in [2.45, 2.75) is 51.5 Å². The molecule has 1 atom stereocenters. The van der Waals surface area contributed by atoms with Gasteiger partial charge in [0.05, 0.1) is 23.9 Å². The van der Waals surface area contributed by atoms with E-state index in [0.29, 0.717) is 12.3 Å². The van der Waals surface area contributed by atoms with E-state index in [1.807, 2.05) is 17.5 Å². The number of carbonyl (C=O) groups excluding carboxylic acids is 3. The Morgan fingerprint density at radius 1 is 1.25 bits per heavy atom. The Balaban J connectivity index is 1.71. The molecule has 28 heavy (non-hydrogen) atoms. The molecule has 1 aromatic rings. The van der Waals surface area contributed by atoms with Gasteiger partial charge in [0.25, 0.3) is 0 Å². The van der Waals surface area contributed by atoms with Crippen LogP contribution in [0, 0.1) is 5.92 Å². The van der Waals surface area contributed by atoms with Crippen LogP contribution in [0.25, 0.3) is 0 Å². The fraction of sp³-hybridized carbons (Fsp3) is 0.550. The second-order valence-electron chi connectivity index (χ2n) is 7.01. The number of hydrogen-bond donors (Lipinski definition) is 2. The van der Waals surface area contributed by atoms with E-state index in [1.54, 1.807) is 6.92 Å². The average Bonchev–Trinajstić information content (AvgIpc) is 3.38. The molecular formula is C20H26N2O5S. The molecule has 1 aliphatic carbocycles. The third-order valence-corrected chi connectivity index (χ3v) is 6.02. The molecule has 1 unspecified atom stereocenters. The van der Waals surface area contributed by atoms with E-state index < -0.39 is 18.0 Å². The Kier molecular flexibility index (Phi) is 7.08. The molecule has 3 rings (SSSR count). The first kappa shape index (κ1) is 20.4. The highest BCUT2D eigenvalue weighted by Crippen LogP contribution is 2.31. The van der Waals surface area contributed by atoms with Crippen molar-refractivity contribution in [1.82, 2.24) is 10.6 Å². The summed E-state index contributed by atoms with van der Waals surface area (Å²) in [6.07, 6.45) is 6.00. The van der Waals surface area contributed by atoms with E-state index in [1.165, 1.54) is 37.0 Å². The molecule has 2 heterocycles. The SMILES string of the molecule is CCOC(=O)C1=C(COC(=O)CCC2CCCC2)NC(=O)NC1c1cccs1. The summed E-state index contributed by atoms with van der Waals surface area (Å²) in [7, 11) is 0. The van der Waals surface area contributed by atoms with Gasteiger partial charge in [-0.05, 0) is 30.7 Å². The molecule has 152 valence electrons. The summed E-state index contributed by atoms with van der Waals surface area (Å²) in [6, 6.07) is 2.62. The quantitative estimate of drug-likeness (QED) is 0.645. The van der Waals surface area contributed by atoms with Crippen LogP contribution in [0.2, 0.25) is 0 Å². The van der Waals surface area contributed by atoms with Crippen molar-refractivity contribution in [2.75, 3.05) is 13.2 Å². The van der Waals surface area contributed by atoms with Gasteiger partial charge >= 0.3 is 18.0 Å². The van der Waals surface area contributed by atoms with Gasteiger partial charge in [0, 0.05) is 11.3 Å². The number of nitrogens with one attached hydrogen (secondary N) is 2. The predicted molar refractivity (Wildman–Crippen MR) is 105 cm³/mol. The van der Waals surface area contributed by atoms with Crippen LogP contribution in [0.1, 0.15) is 56.4 Å². The summed E-state index contributed by atoms with van der Waals surface area (Å²) in [4.78, 5) is 37.6. The highest BCUT2D eigenvalue weighted by molar-refractivity contribution is 7.10. The molecule has 7 nitrogen and oxygen atoms in total. The van der Waals surface area contributed by atoms with Crippen molar-refractivity contribution < 1.29 is 23.9 Å². The molecule has 1 fully saturated rings. The summed E-state index contributed by atoms with van der Waals surface area (Å²) >= 11 is 1.43. The maximum atomic E-state index is 12.6. The van der Waals surface area contributed by atoms with E-state index in [-0.39, 0.29) is 30.5 Å². The number of rotatable bonds is 8. The smallest absolute Gasteiger partial charge is 0.338 e. The molecule has 0 radical (unpaired) electrons. The summed E-state index contributed by atoms with van der Waals surface area (Å²) in [6.45, 7) is 1.77. The van der Waals surface area contributed by atoms with Gasteiger partial charge in [-0.15, -0.1) is 11.3 Å². The predicted octanol–water partition coefficient (Wildman–Crippen LogP) is 3.43. The van der Waals surface area contributed by atoms with Crippen molar-refractivity contribution in [1.29, 1.82) is 0 Å². The third-order valence-electron chi connectivity index (χ3n) is 5.09. The minimum absolute atomic E-state index is 0.160. The zero-order valence-corrected chi connectivity index (χ0v) is 16.8. The number of ether oxygens (including phenoxy) is 2. The van der Waals surface area contributed by atoms with E-state index in [0.717, 1.165) is 11.3 Å². The molecule has 0 bridgehead atoms. The fourth-order valence-corrected chi connectivity index (χ4v) is 4.48. The minimum Gasteiger partial charge on any atom is -0.463 e. The van der Waals surface area contributed by atoms with E-state index in [4.69, 9.17) is 9.47 Å². The normalized spacial score (nSPS) is 19.9. The van der Waals surface area contributed by atoms with Crippen molar-refractivity contribution >= 4 is 29.3 Å². The molecule has 2 aliphatic rings. The Bertz CT molecular complexity index is 738. The molecule has 1 aromatic heterocycles. The van der Waals surface area contributed by atoms with Crippen molar-refractivity contribution in [2.24, 2.45) is 5.92 Å². The van der Waals surface area contributed by atoms with Crippen LogP contribution in [0.3, 0.4) is 0 Å². The zero-order valence-electron chi connectivity index (χ0n) is 16.0. The number of hydrogen-bond acceptors (Lipinski definition) is 6. The van der Waals surface area contributed by atoms with E-state index in [9.17, 15) is 14.4 Å². The molecule has 0 saturated heterocycles. The summed E-state index contributed by atoms with van der Waals surface area (Å²) in [5, 5.41) is 7.23. The van der Waals surface area contributed by atoms with Gasteiger partial charge in [0.15, 0.2) is 0 Å². The van der Waals surface area contributed by atoms with Crippen LogP contribution in [0.4, 0.5) is 4.79 Å². The molecule has 1 aliphatic heterocycles. The number of esters is 2. The standard InChI is InChI=1S/C20H26N2O5S/c1-2-26-19(24)17-14(12-27-16(23)10-9-13-6-3-4-7-13)21-20(25)22-18(17)15-8-5-11-28-15/h5,8,11,13,18H,2-4,6-7,9-10,12H2,1H3,(H2,21,22,25). The van der Waals surface area contributed by atoms with Crippen LogP contribution in [0.5, 0.6) is 0 Å². The summed E-state index contributed by atoms with van der Waals surface area (Å²) < 4.78 is 10.5. The number of carbonyl (C=O) groups is 3. The van der Waals surface area contributed by atoms with Crippen LogP contribution in [-0.4, -0.2) is 31.2 Å². The number of thiophene rings is 1. The minimum atomic E-state index is -0.625. The van der Waals surface area contributed by atoms with Gasteiger partial charge in [-0.2, -0.15) is 0 Å². The van der Waals surface area contributed by atoms with Gasteiger partial charge < -0.3 is 20.1 Å². The maximum Gasteiger partial charge on any atom is 0.338 e. The highest BCUT2D eigenvalue weighted by atomic mass is 32.1. The van der Waals surface area contributed by atoms with Gasteiger partial charge in [-0.25, -0.2) is 9.59 Å². The number of urea groups is 1. The lowest BCUT2D eigenvalue weighted by molar-refractivity contribution is -0.144. The Hall–Kier alpha value is -2.35. The zero-order chi connectivity index (χ0) is 19.9. The molecule has 0 spiro atoms. The topological polar surface area (TPSA) is 93.7 Å². The molecule has 0 aromatic carbocycles. The monoisotopic (exact) mass is 406 g/mol. The second-order valence-corrected chi connectivity index (χ2v) is 7.99. The van der Waals surface area contributed by atoms with E-state index in [2.05, 4.69) is 10.6 Å². The van der Waals surface area contributed by atoms with Gasteiger partial charge in [-0.3, -0.25) is 4.79 Å². The lowest BCUT2D eigenvalue weighted by Crippen LogP contribution is -2.46. The summed E-state index contributed by atoms with van der Waals surface area (Å²) in [5.74, 6) is -0.253. The van der Waals surface area contributed by atoms with Gasteiger partial charge in [-0.1, -0.05) is 31.7 Å². The number of amides is 2. The average molecular weight is 407 g/mol. The van der Waals surface area contributed by atoms with Gasteiger partial charge in [0.2, 0.25) is 0 Å². The van der Waals surface area contributed by atoms with Crippen LogP contribution in [-0.2, 0) is 19.1 Å². The highest BCUT2D eigenvalue weighted by Gasteiger charge is 2.34. The summed E-state index contributed by atoms with van der Waals surface area (Å²) in [5.41, 5.74) is 0.544. The molecule has 2 N–H and O–H groups in total. The van der Waals surface area contributed by atoms with Crippen molar-refractivity contribution in [3.63, 3.8) is 0 Å². The Morgan fingerprint density at radius 2 is 2.04 bits per heavy atom. The molecule has 8 heteroatoms. The fourth-order valence-electron chi connectivity index (χ4n) is 3.70. The second kappa shape index (κ2) is 9.73. The first-order valence-corrected chi connectivity index (χ1v) is 10.6. The van der Waals surface area contributed by atoms with Gasteiger partial charge in [0.1, 0.15) is 6.61 Å². The lowest BCUT2D eigenvalue weighted by atomic mass is 10.0. The molecular weight excluding hydrogens is 380 g/mol. The van der Waals surface area contributed by atoms with Crippen LogP contribution in [0.15, 0.2) is 28.8 Å². The first-order valence-electron chi connectivity index (χ1n) is 9.75. The van der Waals surface area contributed by atoms with Crippen LogP contribution >= 0.6 is 11.3 Å². The van der Waals surface area contributed by atoms with E-state index >= 15 is 0 Å². The van der Waals surface area contributed by atoms with Crippen LogP contribution < -0.4 is 10.6 Å². The molecule has 1 saturated carbocycles. The largest absolute Gasteiger partial charge is 0.463 e. The third kappa shape index (κ3) is 5.13. The Labute approximate surface area is 168 Å². The first-order chi connectivity index (χ1) is 13.6. The maximum absolute atomic E-state index is 12.6. The lowest BCUT2D eigenvalue weighted by Gasteiger charge is -2.28.